The van der Waals surface area contributed by atoms with Gasteiger partial charge in [-0.2, -0.15) is 0 Å². The molecule has 0 aromatic rings. The van der Waals surface area contributed by atoms with E-state index >= 15 is 0 Å². The highest BCUT2D eigenvalue weighted by Gasteiger charge is 2.29. The second-order valence-corrected chi connectivity index (χ2v) is 3.83. The Balaban J connectivity index is 2.58. The molecule has 1 heterocycles. The van der Waals surface area contributed by atoms with Gasteiger partial charge >= 0.3 is 12.0 Å². The predicted molar refractivity (Wildman–Crippen MR) is 55.8 cm³/mol. The number of aliphatic carboxylic acids is 1. The van der Waals surface area contributed by atoms with Crippen molar-refractivity contribution in [1.29, 1.82) is 0 Å². The van der Waals surface area contributed by atoms with Gasteiger partial charge in [-0.25, -0.2) is 9.80 Å². The van der Waals surface area contributed by atoms with Gasteiger partial charge in [-0.1, -0.05) is 0 Å². The summed E-state index contributed by atoms with van der Waals surface area (Å²) >= 11 is 0. The lowest BCUT2D eigenvalue weighted by atomic mass is 10.1. The first-order valence-corrected chi connectivity index (χ1v) is 5.05. The zero-order chi connectivity index (χ0) is 12.1. The van der Waals surface area contributed by atoms with Crippen LogP contribution in [0.15, 0.2) is 0 Å². The Hall–Kier alpha value is -1.34. The molecule has 1 saturated heterocycles. The van der Waals surface area contributed by atoms with Crippen LogP contribution in [0, 0.1) is 0 Å². The molecule has 1 aliphatic heterocycles. The summed E-state index contributed by atoms with van der Waals surface area (Å²) in [4.78, 5) is 23.9. The van der Waals surface area contributed by atoms with E-state index in [2.05, 4.69) is 5.43 Å². The maximum Gasteiger partial charge on any atom is 0.332 e. The van der Waals surface area contributed by atoms with Crippen molar-refractivity contribution in [2.24, 2.45) is 0 Å². The van der Waals surface area contributed by atoms with Crippen LogP contribution in [0.4, 0.5) is 4.79 Å². The number of morpholine rings is 1. The van der Waals surface area contributed by atoms with E-state index in [1.165, 1.54) is 9.91 Å². The van der Waals surface area contributed by atoms with Crippen molar-refractivity contribution in [3.63, 3.8) is 0 Å². The van der Waals surface area contributed by atoms with Crippen LogP contribution in [-0.4, -0.2) is 66.9 Å². The lowest BCUT2D eigenvalue weighted by Crippen LogP contribution is -2.55. The third-order valence-electron chi connectivity index (χ3n) is 2.22. The van der Waals surface area contributed by atoms with Crippen molar-refractivity contribution < 1.29 is 19.4 Å². The average Bonchev–Trinajstić information content (AvgIpc) is 2.16. The van der Waals surface area contributed by atoms with Gasteiger partial charge in [-0.15, -0.1) is 0 Å². The first-order valence-electron chi connectivity index (χ1n) is 5.05. The molecule has 0 aromatic carbocycles. The minimum absolute atomic E-state index is 0.0964. The van der Waals surface area contributed by atoms with E-state index in [0.29, 0.717) is 13.2 Å². The monoisotopic (exact) mass is 231 g/mol. The second-order valence-electron chi connectivity index (χ2n) is 3.83. The summed E-state index contributed by atoms with van der Waals surface area (Å²) in [7, 11) is 3.40. The molecule has 1 unspecified atom stereocenters. The van der Waals surface area contributed by atoms with Crippen LogP contribution in [0.1, 0.15) is 6.42 Å². The highest BCUT2D eigenvalue weighted by molar-refractivity contribution is 5.75. The number of hydrogen-bond acceptors (Lipinski definition) is 4. The lowest BCUT2D eigenvalue weighted by molar-refractivity contribution is -0.139. The van der Waals surface area contributed by atoms with Crippen LogP contribution in [0.5, 0.6) is 0 Å². The molecule has 2 amide bonds. The van der Waals surface area contributed by atoms with E-state index in [9.17, 15) is 9.59 Å². The Bertz CT molecular complexity index is 269. The average molecular weight is 231 g/mol. The number of carbonyl (C=O) groups excluding carboxylic acids is 1. The Morgan fingerprint density at radius 1 is 1.56 bits per heavy atom. The maximum absolute atomic E-state index is 11.7. The summed E-state index contributed by atoms with van der Waals surface area (Å²) in [5.74, 6) is -0.932. The second kappa shape index (κ2) is 5.66. The Morgan fingerprint density at radius 2 is 2.25 bits per heavy atom. The van der Waals surface area contributed by atoms with Crippen molar-refractivity contribution in [2.45, 2.75) is 12.5 Å². The van der Waals surface area contributed by atoms with Gasteiger partial charge < -0.3 is 14.7 Å². The smallest absolute Gasteiger partial charge is 0.332 e. The molecule has 0 saturated carbocycles. The van der Waals surface area contributed by atoms with Crippen molar-refractivity contribution in [2.75, 3.05) is 33.9 Å². The van der Waals surface area contributed by atoms with Crippen LogP contribution < -0.4 is 5.43 Å². The Morgan fingerprint density at radius 3 is 2.81 bits per heavy atom. The molecule has 92 valence electrons. The van der Waals surface area contributed by atoms with Gasteiger partial charge in [0, 0.05) is 20.6 Å². The number of rotatable bonds is 3. The molecule has 1 fully saturated rings. The number of ether oxygens (including phenoxy) is 1. The first-order chi connectivity index (χ1) is 7.50. The summed E-state index contributed by atoms with van der Waals surface area (Å²) in [6.07, 6.45) is -0.0964. The van der Waals surface area contributed by atoms with Gasteiger partial charge in [0.05, 0.1) is 25.7 Å². The van der Waals surface area contributed by atoms with Crippen LogP contribution in [-0.2, 0) is 9.53 Å². The third kappa shape index (κ3) is 3.67. The number of amides is 2. The minimum atomic E-state index is -0.932. The molecule has 0 radical (unpaired) electrons. The predicted octanol–water partition coefficient (Wildman–Crippen LogP) is -0.652. The van der Waals surface area contributed by atoms with Gasteiger partial charge in [0.15, 0.2) is 0 Å². The summed E-state index contributed by atoms with van der Waals surface area (Å²) in [6.45, 7) is 1.13. The van der Waals surface area contributed by atoms with Crippen molar-refractivity contribution in [1.82, 2.24) is 15.3 Å². The standard InChI is InChI=1S/C9H17N3O4/c1-11(2)10-9(15)12-3-4-16-6-7(12)5-8(13)14/h7H,3-6H2,1-2H3,(H,10,15)(H,13,14). The number of urea groups is 1. The molecule has 16 heavy (non-hydrogen) atoms. The topological polar surface area (TPSA) is 82.1 Å². The normalized spacial score (nSPS) is 20.9. The summed E-state index contributed by atoms with van der Waals surface area (Å²) in [5, 5.41) is 10.2. The number of carbonyl (C=O) groups is 2. The molecule has 0 aliphatic carbocycles. The fraction of sp³-hybridized carbons (Fsp3) is 0.778. The summed E-state index contributed by atoms with van der Waals surface area (Å²) < 4.78 is 5.17. The Labute approximate surface area is 93.9 Å². The number of carboxylic acid groups (broad SMARTS) is 1. The molecular formula is C9H17N3O4. The molecule has 1 aliphatic rings. The molecule has 7 nitrogen and oxygen atoms in total. The maximum atomic E-state index is 11.7. The molecule has 1 rings (SSSR count). The van der Waals surface area contributed by atoms with Crippen molar-refractivity contribution >= 4 is 12.0 Å². The number of nitrogens with one attached hydrogen (secondary N) is 1. The molecule has 1 atom stereocenters. The molecule has 7 heteroatoms. The molecule has 0 aromatic heterocycles. The van der Waals surface area contributed by atoms with E-state index in [1.54, 1.807) is 14.1 Å². The highest BCUT2D eigenvalue weighted by atomic mass is 16.5. The summed E-state index contributed by atoms with van der Waals surface area (Å²) in [6, 6.07) is -0.689. The van der Waals surface area contributed by atoms with Gasteiger partial charge in [0.25, 0.3) is 0 Å². The fourth-order valence-electron chi connectivity index (χ4n) is 1.55. The number of hydrogen-bond donors (Lipinski definition) is 2. The molecular weight excluding hydrogens is 214 g/mol. The minimum Gasteiger partial charge on any atom is -0.481 e. The Kier molecular flexibility index (Phi) is 4.51. The molecule has 2 N–H and O–H groups in total. The van der Waals surface area contributed by atoms with Gasteiger partial charge in [0.1, 0.15) is 0 Å². The quantitative estimate of drug-likeness (QED) is 0.631. The largest absolute Gasteiger partial charge is 0.481 e. The molecule has 0 spiro atoms. The SMILES string of the molecule is CN(C)NC(=O)N1CCOCC1CC(=O)O. The van der Waals surface area contributed by atoms with Crippen LogP contribution in [0.3, 0.4) is 0 Å². The van der Waals surface area contributed by atoms with Crippen LogP contribution in [0.2, 0.25) is 0 Å². The van der Waals surface area contributed by atoms with E-state index in [-0.39, 0.29) is 19.1 Å². The zero-order valence-electron chi connectivity index (χ0n) is 9.47. The van der Waals surface area contributed by atoms with Crippen molar-refractivity contribution in [3.05, 3.63) is 0 Å². The van der Waals surface area contributed by atoms with E-state index in [0.717, 1.165) is 0 Å². The fourth-order valence-corrected chi connectivity index (χ4v) is 1.55. The van der Waals surface area contributed by atoms with Gasteiger partial charge in [-0.3, -0.25) is 10.2 Å². The number of hydrazine groups is 1. The van der Waals surface area contributed by atoms with E-state index in [1.807, 2.05) is 0 Å². The summed E-state index contributed by atoms with van der Waals surface area (Å²) in [5.41, 5.74) is 2.59. The first kappa shape index (κ1) is 12.7. The van der Waals surface area contributed by atoms with Gasteiger partial charge in [0.2, 0.25) is 0 Å². The third-order valence-corrected chi connectivity index (χ3v) is 2.22. The highest BCUT2D eigenvalue weighted by Crippen LogP contribution is 2.10. The van der Waals surface area contributed by atoms with E-state index < -0.39 is 12.0 Å². The van der Waals surface area contributed by atoms with Crippen LogP contribution in [0.25, 0.3) is 0 Å². The number of carboxylic acids is 1. The van der Waals surface area contributed by atoms with Crippen LogP contribution >= 0.6 is 0 Å². The molecule has 0 bridgehead atoms. The number of nitrogens with zero attached hydrogens (tertiary/aromatic N) is 2. The van der Waals surface area contributed by atoms with Crippen molar-refractivity contribution in [3.8, 4) is 0 Å². The zero-order valence-corrected chi connectivity index (χ0v) is 9.47. The lowest BCUT2D eigenvalue weighted by Gasteiger charge is -2.35. The van der Waals surface area contributed by atoms with Gasteiger partial charge in [-0.05, 0) is 0 Å². The van der Waals surface area contributed by atoms with E-state index in [4.69, 9.17) is 9.84 Å².